The lowest BCUT2D eigenvalue weighted by Crippen LogP contribution is -2.46. The van der Waals surface area contributed by atoms with Crippen LogP contribution in [0.2, 0.25) is 0 Å². The van der Waals surface area contributed by atoms with Gasteiger partial charge < -0.3 is 14.7 Å². The van der Waals surface area contributed by atoms with Crippen LogP contribution in [0.5, 0.6) is 0 Å². The highest BCUT2D eigenvalue weighted by molar-refractivity contribution is 5.81. The maximum atomic E-state index is 12.4. The lowest BCUT2D eigenvalue weighted by Gasteiger charge is -2.33. The Morgan fingerprint density at radius 2 is 2.06 bits per heavy atom. The summed E-state index contributed by atoms with van der Waals surface area (Å²) < 4.78 is 5.71. The average molecular weight is 253 g/mol. The molecule has 100 valence electrons. The molecule has 0 saturated carbocycles. The number of amides is 1. The van der Waals surface area contributed by atoms with Gasteiger partial charge in [0.1, 0.15) is 0 Å². The first-order valence-corrected chi connectivity index (χ1v) is 6.82. The van der Waals surface area contributed by atoms with Gasteiger partial charge in [-0.15, -0.1) is 0 Å². The standard InChI is InChI=1S/C13H19NO4/c15-12(10-6-9-3-4-11(10)18-9)14-5-1-2-8(7-14)13(16)17/h8-11H,1-7H2,(H,16,17)/t8-,9+,10-,11+/m0/s1. The van der Waals surface area contributed by atoms with Crippen LogP contribution in [0.15, 0.2) is 0 Å². The van der Waals surface area contributed by atoms with Crippen molar-refractivity contribution in [2.75, 3.05) is 13.1 Å². The first-order chi connectivity index (χ1) is 8.65. The van der Waals surface area contributed by atoms with Gasteiger partial charge in [-0.25, -0.2) is 0 Å². The second-order valence-electron chi connectivity index (χ2n) is 5.68. The van der Waals surface area contributed by atoms with Gasteiger partial charge in [0.15, 0.2) is 0 Å². The van der Waals surface area contributed by atoms with Crippen molar-refractivity contribution in [2.24, 2.45) is 11.8 Å². The first kappa shape index (κ1) is 12.0. The van der Waals surface area contributed by atoms with Crippen molar-refractivity contribution >= 4 is 11.9 Å². The Morgan fingerprint density at radius 1 is 1.22 bits per heavy atom. The topological polar surface area (TPSA) is 66.8 Å². The van der Waals surface area contributed by atoms with E-state index in [-0.39, 0.29) is 30.0 Å². The van der Waals surface area contributed by atoms with E-state index in [0.29, 0.717) is 19.5 Å². The Bertz CT molecular complexity index is 370. The summed E-state index contributed by atoms with van der Waals surface area (Å²) in [5.41, 5.74) is 0. The number of hydrogen-bond donors (Lipinski definition) is 1. The summed E-state index contributed by atoms with van der Waals surface area (Å²) in [6.45, 7) is 1.08. The third kappa shape index (κ3) is 2.00. The fourth-order valence-electron chi connectivity index (χ4n) is 3.51. The molecule has 3 rings (SSSR count). The highest BCUT2D eigenvalue weighted by atomic mass is 16.5. The molecule has 5 nitrogen and oxygen atoms in total. The quantitative estimate of drug-likeness (QED) is 0.793. The molecule has 18 heavy (non-hydrogen) atoms. The maximum absolute atomic E-state index is 12.4. The average Bonchev–Trinajstić information content (AvgIpc) is 3.00. The molecule has 0 aromatic heterocycles. The van der Waals surface area contributed by atoms with Crippen LogP contribution in [-0.2, 0) is 14.3 Å². The maximum Gasteiger partial charge on any atom is 0.308 e. The Morgan fingerprint density at radius 3 is 2.67 bits per heavy atom. The fraction of sp³-hybridized carbons (Fsp3) is 0.846. The number of carboxylic acid groups (broad SMARTS) is 1. The van der Waals surface area contributed by atoms with Gasteiger partial charge in [-0.3, -0.25) is 9.59 Å². The van der Waals surface area contributed by atoms with Gasteiger partial charge in [-0.2, -0.15) is 0 Å². The van der Waals surface area contributed by atoms with E-state index < -0.39 is 5.97 Å². The smallest absolute Gasteiger partial charge is 0.308 e. The Labute approximate surface area is 106 Å². The van der Waals surface area contributed by atoms with Gasteiger partial charge in [0, 0.05) is 13.1 Å². The number of nitrogens with zero attached hydrogens (tertiary/aromatic N) is 1. The minimum Gasteiger partial charge on any atom is -0.481 e. The summed E-state index contributed by atoms with van der Waals surface area (Å²) in [5, 5.41) is 9.05. The molecule has 1 N–H and O–H groups in total. The molecule has 3 aliphatic rings. The summed E-state index contributed by atoms with van der Waals surface area (Å²) in [4.78, 5) is 25.2. The van der Waals surface area contributed by atoms with E-state index in [2.05, 4.69) is 0 Å². The third-order valence-electron chi connectivity index (χ3n) is 4.51. The molecule has 2 bridgehead atoms. The van der Waals surface area contributed by atoms with Crippen molar-refractivity contribution in [2.45, 2.75) is 44.3 Å². The van der Waals surface area contributed by atoms with Crippen LogP contribution in [0.1, 0.15) is 32.1 Å². The zero-order chi connectivity index (χ0) is 12.7. The van der Waals surface area contributed by atoms with Gasteiger partial charge in [-0.05, 0) is 32.1 Å². The van der Waals surface area contributed by atoms with Gasteiger partial charge in [0.2, 0.25) is 5.91 Å². The number of piperidine rings is 1. The number of hydrogen-bond acceptors (Lipinski definition) is 3. The minimum absolute atomic E-state index is 0.0173. The van der Waals surface area contributed by atoms with Crippen LogP contribution in [0.25, 0.3) is 0 Å². The highest BCUT2D eigenvalue weighted by Crippen LogP contribution is 2.40. The molecular formula is C13H19NO4. The summed E-state index contributed by atoms with van der Waals surface area (Å²) in [7, 11) is 0. The Balaban J connectivity index is 1.64. The van der Waals surface area contributed by atoms with E-state index in [4.69, 9.17) is 9.84 Å². The fourth-order valence-corrected chi connectivity index (χ4v) is 3.51. The second-order valence-corrected chi connectivity index (χ2v) is 5.68. The lowest BCUT2D eigenvalue weighted by atomic mass is 9.87. The van der Waals surface area contributed by atoms with E-state index in [1.807, 2.05) is 0 Å². The van der Waals surface area contributed by atoms with Crippen molar-refractivity contribution < 1.29 is 19.4 Å². The second kappa shape index (κ2) is 4.53. The molecule has 0 radical (unpaired) electrons. The summed E-state index contributed by atoms with van der Waals surface area (Å²) in [6.07, 6.45) is 4.73. The van der Waals surface area contributed by atoms with E-state index in [0.717, 1.165) is 25.7 Å². The van der Waals surface area contributed by atoms with Crippen molar-refractivity contribution in [1.82, 2.24) is 4.90 Å². The van der Waals surface area contributed by atoms with E-state index >= 15 is 0 Å². The molecule has 4 atom stereocenters. The number of ether oxygens (including phenoxy) is 1. The molecule has 0 unspecified atom stereocenters. The molecule has 3 heterocycles. The van der Waals surface area contributed by atoms with Crippen molar-refractivity contribution in [3.8, 4) is 0 Å². The number of rotatable bonds is 2. The molecule has 5 heteroatoms. The monoisotopic (exact) mass is 253 g/mol. The van der Waals surface area contributed by atoms with E-state index in [1.165, 1.54) is 0 Å². The SMILES string of the molecule is O=C(O)[C@H]1CCCN(C(=O)[C@H]2C[C@H]3CC[C@H]2O3)C1. The molecule has 3 aliphatic heterocycles. The predicted molar refractivity (Wildman–Crippen MR) is 62.9 cm³/mol. The minimum atomic E-state index is -0.781. The normalized spacial score (nSPS) is 39.0. The van der Waals surface area contributed by atoms with Crippen LogP contribution < -0.4 is 0 Å². The van der Waals surface area contributed by atoms with E-state index in [1.54, 1.807) is 4.90 Å². The zero-order valence-corrected chi connectivity index (χ0v) is 10.4. The lowest BCUT2D eigenvalue weighted by molar-refractivity contribution is -0.147. The molecule has 0 aliphatic carbocycles. The number of fused-ring (bicyclic) bond motifs is 2. The third-order valence-corrected chi connectivity index (χ3v) is 4.51. The molecule has 0 aromatic carbocycles. The number of aliphatic carboxylic acids is 1. The largest absolute Gasteiger partial charge is 0.481 e. The van der Waals surface area contributed by atoms with Crippen LogP contribution in [-0.4, -0.2) is 47.2 Å². The molecule has 3 fully saturated rings. The number of likely N-dealkylation sites (tertiary alicyclic amines) is 1. The van der Waals surface area contributed by atoms with Crippen molar-refractivity contribution in [3.05, 3.63) is 0 Å². The molecule has 0 spiro atoms. The Hall–Kier alpha value is -1.10. The Kier molecular flexibility index (Phi) is 3.01. The van der Waals surface area contributed by atoms with Crippen LogP contribution in [0.4, 0.5) is 0 Å². The van der Waals surface area contributed by atoms with Crippen molar-refractivity contribution in [3.63, 3.8) is 0 Å². The molecular weight excluding hydrogens is 234 g/mol. The van der Waals surface area contributed by atoms with Gasteiger partial charge in [-0.1, -0.05) is 0 Å². The summed E-state index contributed by atoms with van der Waals surface area (Å²) >= 11 is 0. The molecule has 3 saturated heterocycles. The van der Waals surface area contributed by atoms with Crippen LogP contribution in [0.3, 0.4) is 0 Å². The molecule has 1 amide bonds. The predicted octanol–water partition coefficient (Wildman–Crippen LogP) is 0.877. The molecule has 0 aromatic rings. The number of carbonyl (C=O) groups is 2. The van der Waals surface area contributed by atoms with Crippen molar-refractivity contribution in [1.29, 1.82) is 0 Å². The first-order valence-electron chi connectivity index (χ1n) is 6.82. The van der Waals surface area contributed by atoms with Gasteiger partial charge in [0.25, 0.3) is 0 Å². The number of carbonyl (C=O) groups excluding carboxylic acids is 1. The van der Waals surface area contributed by atoms with Crippen LogP contribution >= 0.6 is 0 Å². The number of carboxylic acids is 1. The highest BCUT2D eigenvalue weighted by Gasteiger charge is 2.46. The summed E-state index contributed by atoms with van der Waals surface area (Å²) in [6, 6.07) is 0. The summed E-state index contributed by atoms with van der Waals surface area (Å²) in [5.74, 6) is -1.07. The van der Waals surface area contributed by atoms with Crippen LogP contribution in [0, 0.1) is 11.8 Å². The van der Waals surface area contributed by atoms with Gasteiger partial charge in [0.05, 0.1) is 24.0 Å². The zero-order valence-electron chi connectivity index (χ0n) is 10.4. The van der Waals surface area contributed by atoms with E-state index in [9.17, 15) is 9.59 Å². The van der Waals surface area contributed by atoms with Gasteiger partial charge >= 0.3 is 5.97 Å².